The van der Waals surface area contributed by atoms with Crippen LogP contribution in [0.4, 0.5) is 0 Å². The van der Waals surface area contributed by atoms with Gasteiger partial charge in [0, 0.05) is 39.8 Å². The molecular formula is C21H30OS3Si2. The van der Waals surface area contributed by atoms with Crippen molar-refractivity contribution in [1.29, 1.82) is 0 Å². The van der Waals surface area contributed by atoms with E-state index in [2.05, 4.69) is 70.3 Å². The van der Waals surface area contributed by atoms with Crippen molar-refractivity contribution in [3.05, 3.63) is 33.9 Å². The summed E-state index contributed by atoms with van der Waals surface area (Å²) in [6.07, 6.45) is 7.48. The van der Waals surface area contributed by atoms with Gasteiger partial charge in [-0.05, 0) is 39.1 Å². The number of allylic oxidation sites excluding steroid dienone is 1. The SMILES string of the molecule is C=CCC(O[Si](C)(C)C)c1scc2sc3c([Si](C)(C)C)sc(C=CC)c3c12. The summed E-state index contributed by atoms with van der Waals surface area (Å²) in [5.41, 5.74) is 0. The molecule has 3 heterocycles. The van der Waals surface area contributed by atoms with Gasteiger partial charge in [-0.25, -0.2) is 0 Å². The minimum absolute atomic E-state index is 0.128. The van der Waals surface area contributed by atoms with Crippen LogP contribution in [-0.4, -0.2) is 16.4 Å². The molecule has 1 nitrogen and oxygen atoms in total. The lowest BCUT2D eigenvalue weighted by Gasteiger charge is -2.25. The Labute approximate surface area is 177 Å². The van der Waals surface area contributed by atoms with Crippen molar-refractivity contribution >= 4 is 81.2 Å². The third-order valence-corrected chi connectivity index (χ3v) is 12.7. The lowest BCUT2D eigenvalue weighted by molar-refractivity contribution is 0.207. The molecule has 6 heteroatoms. The molecule has 0 amide bonds. The van der Waals surface area contributed by atoms with E-state index < -0.39 is 16.4 Å². The monoisotopic (exact) mass is 450 g/mol. The second kappa shape index (κ2) is 7.73. The maximum Gasteiger partial charge on any atom is 0.184 e. The van der Waals surface area contributed by atoms with E-state index in [1.807, 2.05) is 40.1 Å². The lowest BCUT2D eigenvalue weighted by atomic mass is 10.1. The van der Waals surface area contributed by atoms with Crippen LogP contribution < -0.4 is 4.50 Å². The second-order valence-electron chi connectivity index (χ2n) is 8.93. The van der Waals surface area contributed by atoms with Crippen LogP contribution >= 0.6 is 34.0 Å². The fraction of sp³-hybridized carbons (Fsp3) is 0.429. The zero-order valence-corrected chi connectivity index (χ0v) is 21.9. The van der Waals surface area contributed by atoms with Gasteiger partial charge in [-0.15, -0.1) is 40.6 Å². The third kappa shape index (κ3) is 4.26. The Morgan fingerprint density at radius 3 is 2.37 bits per heavy atom. The first-order valence-electron chi connectivity index (χ1n) is 9.45. The van der Waals surface area contributed by atoms with Crippen molar-refractivity contribution in [1.82, 2.24) is 0 Å². The van der Waals surface area contributed by atoms with Gasteiger partial charge >= 0.3 is 0 Å². The molecule has 1 atom stereocenters. The number of thiophene rings is 3. The predicted octanol–water partition coefficient (Wildman–Crippen LogP) is 8.22. The summed E-state index contributed by atoms with van der Waals surface area (Å²) >= 11 is 5.87. The number of fused-ring (bicyclic) bond motifs is 3. The van der Waals surface area contributed by atoms with Gasteiger partial charge in [0.2, 0.25) is 0 Å². The molecule has 0 aliphatic rings. The number of hydrogen-bond donors (Lipinski definition) is 0. The van der Waals surface area contributed by atoms with Crippen LogP contribution in [0.25, 0.3) is 26.2 Å². The van der Waals surface area contributed by atoms with Crippen LogP contribution in [0.3, 0.4) is 0 Å². The second-order valence-corrected chi connectivity index (χ2v) is 21.8. The molecular weight excluding hydrogens is 421 g/mol. The lowest BCUT2D eigenvalue weighted by Crippen LogP contribution is -2.35. The van der Waals surface area contributed by atoms with E-state index >= 15 is 0 Å². The summed E-state index contributed by atoms with van der Waals surface area (Å²) in [6.45, 7) is 20.3. The highest BCUT2D eigenvalue weighted by Crippen LogP contribution is 2.47. The van der Waals surface area contributed by atoms with E-state index in [-0.39, 0.29) is 6.10 Å². The minimum Gasteiger partial charge on any atom is -0.410 e. The molecule has 0 aromatic carbocycles. The molecule has 0 fully saturated rings. The van der Waals surface area contributed by atoms with E-state index in [0.29, 0.717) is 0 Å². The first-order chi connectivity index (χ1) is 12.6. The predicted molar refractivity (Wildman–Crippen MR) is 135 cm³/mol. The van der Waals surface area contributed by atoms with Crippen molar-refractivity contribution in [3.63, 3.8) is 0 Å². The van der Waals surface area contributed by atoms with Crippen LogP contribution in [-0.2, 0) is 4.43 Å². The standard InChI is InChI=1S/C21H30OS3Si2/c1-9-11-14(22-27(6,7)8)19-18-16(13-23-19)24-20-17(18)15(12-10-2)25-21(20)26(3,4)5/h9-10,12-14H,1,11H2,2-8H3. The molecule has 0 saturated heterocycles. The van der Waals surface area contributed by atoms with Gasteiger partial charge in [0.25, 0.3) is 0 Å². The fourth-order valence-corrected chi connectivity index (χ4v) is 11.5. The molecule has 0 saturated carbocycles. The first-order valence-corrected chi connectivity index (χ1v) is 18.9. The maximum atomic E-state index is 6.60. The van der Waals surface area contributed by atoms with Crippen molar-refractivity contribution in [2.24, 2.45) is 0 Å². The highest BCUT2D eigenvalue weighted by atomic mass is 32.1. The van der Waals surface area contributed by atoms with Gasteiger partial charge in [0.05, 0.1) is 14.2 Å². The van der Waals surface area contributed by atoms with E-state index in [1.165, 1.54) is 29.9 Å². The minimum atomic E-state index is -1.64. The Morgan fingerprint density at radius 1 is 1.11 bits per heavy atom. The van der Waals surface area contributed by atoms with Crippen molar-refractivity contribution < 1.29 is 4.43 Å². The summed E-state index contributed by atoms with van der Waals surface area (Å²) in [7, 11) is -3.03. The van der Waals surface area contributed by atoms with Crippen molar-refractivity contribution in [2.45, 2.75) is 58.7 Å². The molecule has 27 heavy (non-hydrogen) atoms. The number of rotatable bonds is 7. The van der Waals surface area contributed by atoms with Gasteiger partial charge in [-0.3, -0.25) is 0 Å². The summed E-state index contributed by atoms with van der Waals surface area (Å²) in [4.78, 5) is 2.81. The molecule has 0 N–H and O–H groups in total. The van der Waals surface area contributed by atoms with Gasteiger partial charge in [-0.1, -0.05) is 31.8 Å². The molecule has 0 spiro atoms. The fourth-order valence-electron chi connectivity index (χ4n) is 3.34. The van der Waals surface area contributed by atoms with Crippen molar-refractivity contribution in [3.8, 4) is 0 Å². The molecule has 1 unspecified atom stereocenters. The molecule has 0 aliphatic heterocycles. The topological polar surface area (TPSA) is 9.23 Å². The number of hydrogen-bond acceptors (Lipinski definition) is 4. The average molecular weight is 451 g/mol. The summed E-state index contributed by atoms with van der Waals surface area (Å²) in [5, 5.41) is 5.26. The van der Waals surface area contributed by atoms with Crippen LogP contribution in [0.5, 0.6) is 0 Å². The van der Waals surface area contributed by atoms with Crippen LogP contribution in [0.1, 0.15) is 29.2 Å². The molecule has 3 rings (SSSR count). The Balaban J connectivity index is 2.30. The van der Waals surface area contributed by atoms with E-state index in [1.54, 1.807) is 4.50 Å². The quantitative estimate of drug-likeness (QED) is 0.260. The summed E-state index contributed by atoms with van der Waals surface area (Å²) < 4.78 is 11.2. The summed E-state index contributed by atoms with van der Waals surface area (Å²) in [5.74, 6) is 0. The van der Waals surface area contributed by atoms with Crippen LogP contribution in [0.2, 0.25) is 39.3 Å². The Hall–Kier alpha value is -0.506. The average Bonchev–Trinajstić information content (AvgIpc) is 3.15. The molecule has 3 aromatic rings. The normalized spacial score (nSPS) is 14.6. The molecule has 3 aromatic heterocycles. The molecule has 0 radical (unpaired) electrons. The van der Waals surface area contributed by atoms with Crippen LogP contribution in [0.15, 0.2) is 24.1 Å². The third-order valence-electron chi connectivity index (χ3n) is 4.31. The largest absolute Gasteiger partial charge is 0.410 e. The molecule has 0 bridgehead atoms. The highest BCUT2D eigenvalue weighted by molar-refractivity contribution is 7.38. The van der Waals surface area contributed by atoms with Gasteiger partial charge in [0.1, 0.15) is 0 Å². The Morgan fingerprint density at radius 2 is 1.81 bits per heavy atom. The zero-order valence-electron chi connectivity index (χ0n) is 17.4. The zero-order chi connectivity index (χ0) is 20.0. The Bertz CT molecular complexity index is 993. The highest BCUT2D eigenvalue weighted by Gasteiger charge is 2.30. The van der Waals surface area contributed by atoms with Gasteiger partial charge < -0.3 is 4.43 Å². The van der Waals surface area contributed by atoms with E-state index in [0.717, 1.165) is 6.42 Å². The smallest absolute Gasteiger partial charge is 0.184 e. The van der Waals surface area contributed by atoms with Crippen LogP contribution in [0, 0.1) is 0 Å². The van der Waals surface area contributed by atoms with Gasteiger partial charge in [0.15, 0.2) is 8.32 Å². The first kappa shape index (κ1) is 21.2. The molecule has 0 aliphatic carbocycles. The maximum absolute atomic E-state index is 6.60. The van der Waals surface area contributed by atoms with E-state index in [4.69, 9.17) is 4.43 Å². The molecule has 146 valence electrons. The Kier molecular flexibility index (Phi) is 6.07. The van der Waals surface area contributed by atoms with Gasteiger partial charge in [-0.2, -0.15) is 0 Å². The van der Waals surface area contributed by atoms with E-state index in [9.17, 15) is 0 Å². The van der Waals surface area contributed by atoms with Crippen molar-refractivity contribution in [2.75, 3.05) is 0 Å². The summed E-state index contributed by atoms with van der Waals surface area (Å²) in [6, 6.07) is 0.